The van der Waals surface area contributed by atoms with Crippen molar-refractivity contribution in [3.8, 4) is 0 Å². The molecular weight excluding hydrogens is 1260 g/mol. The molecule has 0 bridgehead atoms. The summed E-state index contributed by atoms with van der Waals surface area (Å²) in [5.74, 6) is -1.98. The van der Waals surface area contributed by atoms with Gasteiger partial charge in [0.05, 0.1) is 13.2 Å². The summed E-state index contributed by atoms with van der Waals surface area (Å²) in [4.78, 5) is 50.9. The number of unbranched alkanes of at least 4 members (excludes halogenated alkanes) is 37. The third kappa shape index (κ3) is 36.4. The van der Waals surface area contributed by atoms with Gasteiger partial charge in [0, 0.05) is 19.3 Å². The maximum Gasteiger partial charge on any atom is 0.472 e. The summed E-state index contributed by atoms with van der Waals surface area (Å²) in [5, 5.41) is 110. The molecule has 0 spiro atoms. The second kappa shape index (κ2) is 52.9. The molecule has 95 heavy (non-hydrogen) atoms. The average Bonchev–Trinajstić information content (AvgIpc) is 0.763. The number of phosphoric ester groups is 1. The molecule has 3 rings (SSSR count). The number of hydrogen-bond acceptors (Lipinski definition) is 23. The highest BCUT2D eigenvalue weighted by atomic mass is 31.2. The molecule has 1 aliphatic carbocycles. The normalized spacial score (nSPS) is 28.1. The van der Waals surface area contributed by atoms with Crippen molar-refractivity contribution in [3.05, 3.63) is 0 Å². The molecule has 24 nitrogen and oxygen atoms in total. The van der Waals surface area contributed by atoms with Crippen molar-refractivity contribution in [1.29, 1.82) is 0 Å². The lowest BCUT2D eigenvalue weighted by atomic mass is 9.84. The summed E-state index contributed by atoms with van der Waals surface area (Å²) < 4.78 is 64.9. The fraction of sp³-hybridized carbons (Fsp3) is 0.957. The van der Waals surface area contributed by atoms with E-state index in [-0.39, 0.29) is 19.3 Å². The van der Waals surface area contributed by atoms with E-state index in [0.29, 0.717) is 19.3 Å². The van der Waals surface area contributed by atoms with E-state index in [2.05, 4.69) is 20.8 Å². The number of phosphoric acid groups is 1. The van der Waals surface area contributed by atoms with Gasteiger partial charge in [0.1, 0.15) is 98.7 Å². The number of hydrogen-bond donors (Lipinski definition) is 11. The number of esters is 3. The fourth-order valence-electron chi connectivity index (χ4n) is 12.5. The van der Waals surface area contributed by atoms with Crippen LogP contribution in [-0.4, -0.2) is 204 Å². The smallest absolute Gasteiger partial charge is 0.463 e. The Morgan fingerprint density at radius 3 is 1.03 bits per heavy atom. The van der Waals surface area contributed by atoms with Crippen LogP contribution in [-0.2, 0) is 61.2 Å². The van der Waals surface area contributed by atoms with Gasteiger partial charge in [-0.2, -0.15) is 0 Å². The molecule has 3 aliphatic rings. The van der Waals surface area contributed by atoms with E-state index in [9.17, 15) is 74.9 Å². The van der Waals surface area contributed by atoms with Crippen LogP contribution in [0.2, 0.25) is 0 Å². The van der Waals surface area contributed by atoms with Crippen LogP contribution >= 0.6 is 7.82 Å². The van der Waals surface area contributed by atoms with Gasteiger partial charge in [0.15, 0.2) is 18.7 Å². The lowest BCUT2D eigenvalue weighted by Crippen LogP contribution is -2.69. The second-order valence-corrected chi connectivity index (χ2v) is 28.4. The van der Waals surface area contributed by atoms with Crippen molar-refractivity contribution >= 4 is 25.7 Å². The molecule has 0 radical (unpaired) electrons. The lowest BCUT2D eigenvalue weighted by molar-refractivity contribution is -0.360. The highest BCUT2D eigenvalue weighted by molar-refractivity contribution is 7.47. The molecular formula is C70H131O24P. The highest BCUT2D eigenvalue weighted by Gasteiger charge is 2.58. The summed E-state index contributed by atoms with van der Waals surface area (Å²) in [6.45, 7) is 3.45. The van der Waals surface area contributed by atoms with E-state index in [1.54, 1.807) is 0 Å². The topological polar surface area (TPSA) is 374 Å². The third-order valence-electron chi connectivity index (χ3n) is 18.6. The van der Waals surface area contributed by atoms with E-state index in [0.717, 1.165) is 89.9 Å². The van der Waals surface area contributed by atoms with Crippen LogP contribution < -0.4 is 0 Å². The summed E-state index contributed by atoms with van der Waals surface area (Å²) in [6.07, 6.45) is 8.99. The molecule has 560 valence electrons. The monoisotopic (exact) mass is 1390 g/mol. The van der Waals surface area contributed by atoms with E-state index in [4.69, 9.17) is 42.2 Å². The molecule has 25 heteroatoms. The van der Waals surface area contributed by atoms with E-state index >= 15 is 0 Å². The van der Waals surface area contributed by atoms with Crippen molar-refractivity contribution in [2.45, 2.75) is 401 Å². The van der Waals surface area contributed by atoms with Gasteiger partial charge in [-0.05, 0) is 19.3 Å². The Morgan fingerprint density at radius 2 is 0.674 bits per heavy atom. The van der Waals surface area contributed by atoms with Crippen LogP contribution in [0.1, 0.15) is 297 Å². The molecule has 3 fully saturated rings. The zero-order valence-corrected chi connectivity index (χ0v) is 59.1. The first-order valence-corrected chi connectivity index (χ1v) is 38.8. The first-order chi connectivity index (χ1) is 45.8. The molecule has 2 heterocycles. The van der Waals surface area contributed by atoms with Crippen molar-refractivity contribution in [2.75, 3.05) is 26.4 Å². The average molecular weight is 1390 g/mol. The van der Waals surface area contributed by atoms with Crippen LogP contribution in [0.15, 0.2) is 0 Å². The van der Waals surface area contributed by atoms with Gasteiger partial charge >= 0.3 is 25.7 Å². The SMILES string of the molecule is CCCCCCCCCCCCCCCCCCC(=O)OCC(COP(=O)(O)OC1C(OC2OC(CO)C(O)C(O)C2O)C(O)C(O)C(O)C1OC1OC(COC(=O)CCCCCCCCCCCCCCC)C(O)C(O)C1O)OC(=O)CCCCCCCCCCCCC. The largest absolute Gasteiger partial charge is 0.472 e. The number of carbonyl (C=O) groups is 3. The maximum absolute atomic E-state index is 14.3. The Morgan fingerprint density at radius 1 is 0.368 bits per heavy atom. The fourth-order valence-corrected chi connectivity index (χ4v) is 13.5. The molecule has 0 amide bonds. The van der Waals surface area contributed by atoms with Crippen LogP contribution in [0.3, 0.4) is 0 Å². The Balaban J connectivity index is 1.73. The van der Waals surface area contributed by atoms with E-state index in [1.165, 1.54) is 148 Å². The highest BCUT2D eigenvalue weighted by Crippen LogP contribution is 2.49. The van der Waals surface area contributed by atoms with Gasteiger partial charge in [0.2, 0.25) is 0 Å². The second-order valence-electron chi connectivity index (χ2n) is 27.0. The number of rotatable bonds is 58. The van der Waals surface area contributed by atoms with E-state index in [1.807, 2.05) is 0 Å². The van der Waals surface area contributed by atoms with Gasteiger partial charge in [-0.1, -0.05) is 258 Å². The quantitative estimate of drug-likeness (QED) is 0.0117. The minimum absolute atomic E-state index is 0.0334. The van der Waals surface area contributed by atoms with Gasteiger partial charge < -0.3 is 89.1 Å². The van der Waals surface area contributed by atoms with E-state index < -0.39 is 156 Å². The maximum atomic E-state index is 14.3. The molecule has 1 saturated carbocycles. The van der Waals surface area contributed by atoms with Gasteiger partial charge in [0.25, 0.3) is 0 Å². The van der Waals surface area contributed by atoms with Crippen LogP contribution in [0, 0.1) is 0 Å². The third-order valence-corrected chi connectivity index (χ3v) is 19.6. The number of aliphatic hydroxyl groups excluding tert-OH is 10. The Labute approximate surface area is 568 Å². The van der Waals surface area contributed by atoms with Gasteiger partial charge in [-0.25, -0.2) is 4.57 Å². The first kappa shape index (κ1) is 87.2. The van der Waals surface area contributed by atoms with Crippen molar-refractivity contribution < 1.29 is 117 Å². The van der Waals surface area contributed by atoms with Gasteiger partial charge in [-0.3, -0.25) is 23.4 Å². The molecule has 0 aromatic rings. The summed E-state index contributed by atoms with van der Waals surface area (Å²) >= 11 is 0. The number of ether oxygens (including phenoxy) is 7. The van der Waals surface area contributed by atoms with Crippen LogP contribution in [0.25, 0.3) is 0 Å². The molecule has 2 saturated heterocycles. The molecule has 2 aliphatic heterocycles. The van der Waals surface area contributed by atoms with Crippen molar-refractivity contribution in [1.82, 2.24) is 0 Å². The predicted molar refractivity (Wildman–Crippen MR) is 356 cm³/mol. The Kier molecular flexibility index (Phi) is 48.5. The molecule has 18 atom stereocenters. The predicted octanol–water partition coefficient (Wildman–Crippen LogP) is 9.79. The zero-order chi connectivity index (χ0) is 69.6. The van der Waals surface area contributed by atoms with Crippen LogP contribution in [0.5, 0.6) is 0 Å². The number of carbonyl (C=O) groups excluding carboxylic acids is 3. The standard InChI is InChI=1S/C70H131O24P/c1-4-7-10-13-16-19-22-24-25-26-28-31-32-35-38-41-44-54(72)86-48-51(89-56(74)46-43-40-37-34-29-21-18-15-12-9-6-3)49-88-95(84,85)94-68-66(92-69-64(82)59(77)57(75)52(47-71)90-69)62(80)61(79)63(81)67(68)93-70-65(83)60(78)58(76)53(91-70)50-87-55(73)45-42-39-36-33-30-27-23-20-17-14-11-8-5-2/h51-53,57-71,75-83H,4-50H2,1-3H3,(H,84,85). The summed E-state index contributed by atoms with van der Waals surface area (Å²) in [6, 6.07) is 0. The lowest BCUT2D eigenvalue weighted by Gasteiger charge is -2.49. The minimum Gasteiger partial charge on any atom is -0.463 e. The Hall–Kier alpha value is -2.04. The summed E-state index contributed by atoms with van der Waals surface area (Å²) in [7, 11) is -5.69. The Bertz CT molecular complexity index is 1980. The van der Waals surface area contributed by atoms with Crippen LogP contribution in [0.4, 0.5) is 0 Å². The summed E-state index contributed by atoms with van der Waals surface area (Å²) in [5.41, 5.74) is 0. The molecule has 0 aromatic heterocycles. The zero-order valence-electron chi connectivity index (χ0n) is 58.2. The van der Waals surface area contributed by atoms with Crippen molar-refractivity contribution in [2.24, 2.45) is 0 Å². The number of aliphatic hydroxyl groups is 10. The first-order valence-electron chi connectivity index (χ1n) is 37.3. The van der Waals surface area contributed by atoms with Crippen molar-refractivity contribution in [3.63, 3.8) is 0 Å². The van der Waals surface area contributed by atoms with Gasteiger partial charge in [-0.15, -0.1) is 0 Å². The molecule has 11 N–H and O–H groups in total. The minimum atomic E-state index is -5.69. The molecule has 0 aromatic carbocycles. The molecule has 18 unspecified atom stereocenters.